The molecule has 1 atom stereocenters. The first-order chi connectivity index (χ1) is 5.85. The van der Waals surface area contributed by atoms with Crippen LogP contribution in [0.5, 0.6) is 0 Å². The maximum atomic E-state index is 5.85. The van der Waals surface area contributed by atoms with Gasteiger partial charge in [-0.05, 0) is 0 Å². The van der Waals surface area contributed by atoms with E-state index in [2.05, 4.69) is 0 Å². The Balaban J connectivity index is 1.94. The summed E-state index contributed by atoms with van der Waals surface area (Å²) in [6.45, 7) is 5.53. The van der Waals surface area contributed by atoms with Crippen LogP contribution in [0.1, 0.15) is 0 Å². The lowest BCUT2D eigenvalue weighted by molar-refractivity contribution is -0.918. The molecule has 2 fully saturated rings. The van der Waals surface area contributed by atoms with Gasteiger partial charge in [-0.25, -0.2) is 0 Å². The molecular weight excluding hydrogens is 194 g/mol. The normalized spacial score (nSPS) is 34.2. The molecule has 2 aliphatic rings. The van der Waals surface area contributed by atoms with E-state index < -0.39 is 0 Å². The minimum atomic E-state index is 0.685. The number of morpholine rings is 1. The molecule has 12 heavy (non-hydrogen) atoms. The smallest absolute Gasteiger partial charge is 0.126 e. The third kappa shape index (κ3) is 1.74. The van der Waals surface area contributed by atoms with Gasteiger partial charge >= 0.3 is 0 Å². The lowest BCUT2D eigenvalue weighted by atomic mass is 10.3. The van der Waals surface area contributed by atoms with Crippen LogP contribution >= 0.6 is 23.4 Å². The molecule has 0 aromatic rings. The predicted molar refractivity (Wildman–Crippen MR) is 52.6 cm³/mol. The van der Waals surface area contributed by atoms with Crippen molar-refractivity contribution in [3.63, 3.8) is 0 Å². The van der Waals surface area contributed by atoms with Gasteiger partial charge in [-0.1, -0.05) is 11.8 Å². The quantitative estimate of drug-likeness (QED) is 0.472. The second-order valence-electron chi connectivity index (χ2n) is 3.66. The maximum absolute atomic E-state index is 5.85. The third-order valence-corrected chi connectivity index (χ3v) is 4.81. The summed E-state index contributed by atoms with van der Waals surface area (Å²) >= 11 is 7.88. The fourth-order valence-electron chi connectivity index (χ4n) is 1.94. The highest BCUT2D eigenvalue weighted by atomic mass is 35.5. The molecule has 2 aliphatic heterocycles. The number of rotatable bonds is 1. The Morgan fingerprint density at radius 3 is 2.75 bits per heavy atom. The van der Waals surface area contributed by atoms with Gasteiger partial charge in [0.15, 0.2) is 0 Å². The summed E-state index contributed by atoms with van der Waals surface area (Å²) in [4.78, 5) is 0. The van der Waals surface area contributed by atoms with Crippen LogP contribution in [0.4, 0.5) is 0 Å². The molecule has 0 amide bonds. The van der Waals surface area contributed by atoms with E-state index in [-0.39, 0.29) is 0 Å². The van der Waals surface area contributed by atoms with Crippen LogP contribution in [-0.4, -0.2) is 54.3 Å². The molecule has 0 aromatic carbocycles. The summed E-state index contributed by atoms with van der Waals surface area (Å²) in [5.74, 6) is 2.06. The van der Waals surface area contributed by atoms with Gasteiger partial charge in [-0.3, -0.25) is 0 Å². The van der Waals surface area contributed by atoms with Gasteiger partial charge in [-0.2, -0.15) is 0 Å². The molecule has 0 aromatic heterocycles. The predicted octanol–water partition coefficient (Wildman–Crippen LogP) is 1.15. The van der Waals surface area contributed by atoms with Crippen LogP contribution in [0, 0.1) is 0 Å². The highest BCUT2D eigenvalue weighted by Gasteiger charge is 2.39. The summed E-state index contributed by atoms with van der Waals surface area (Å²) in [6, 6.07) is 0. The minimum Gasteiger partial charge on any atom is -0.370 e. The Kier molecular flexibility index (Phi) is 2.85. The van der Waals surface area contributed by atoms with Gasteiger partial charge in [0.25, 0.3) is 0 Å². The molecule has 0 radical (unpaired) electrons. The van der Waals surface area contributed by atoms with E-state index in [1.54, 1.807) is 0 Å². The zero-order chi connectivity index (χ0) is 8.44. The van der Waals surface area contributed by atoms with E-state index in [4.69, 9.17) is 16.3 Å². The van der Waals surface area contributed by atoms with Crippen molar-refractivity contribution < 1.29 is 9.22 Å². The van der Waals surface area contributed by atoms with Gasteiger partial charge in [0.1, 0.15) is 19.0 Å². The lowest BCUT2D eigenvalue weighted by Crippen LogP contribution is -2.53. The molecule has 2 saturated heterocycles. The van der Waals surface area contributed by atoms with Gasteiger partial charge in [-0.15, -0.1) is 11.6 Å². The van der Waals surface area contributed by atoms with Gasteiger partial charge in [0.05, 0.1) is 25.0 Å². The van der Waals surface area contributed by atoms with E-state index in [1.165, 1.54) is 30.0 Å². The lowest BCUT2D eigenvalue weighted by Gasteiger charge is -2.36. The molecule has 70 valence electrons. The highest BCUT2D eigenvalue weighted by Crippen LogP contribution is 2.31. The first-order valence-electron chi connectivity index (χ1n) is 4.45. The second-order valence-corrected chi connectivity index (χ2v) is 5.22. The molecule has 0 bridgehead atoms. The van der Waals surface area contributed by atoms with Crippen LogP contribution in [0.2, 0.25) is 0 Å². The summed E-state index contributed by atoms with van der Waals surface area (Å²) in [5, 5.41) is 0.685. The van der Waals surface area contributed by atoms with Gasteiger partial charge in [0.2, 0.25) is 0 Å². The number of ether oxygens (including phenoxy) is 1. The van der Waals surface area contributed by atoms with Gasteiger partial charge < -0.3 is 9.22 Å². The zero-order valence-corrected chi connectivity index (χ0v) is 8.74. The molecule has 1 spiro atoms. The number of hydrogen-bond acceptors (Lipinski definition) is 2. The SMILES string of the molecule is ClCC1C[N+]2(CCOCC2)CS1. The van der Waals surface area contributed by atoms with Crippen molar-refractivity contribution in [2.24, 2.45) is 0 Å². The van der Waals surface area contributed by atoms with Crippen molar-refractivity contribution in [3.05, 3.63) is 0 Å². The zero-order valence-electron chi connectivity index (χ0n) is 7.17. The highest BCUT2D eigenvalue weighted by molar-refractivity contribution is 8.00. The third-order valence-electron chi connectivity index (χ3n) is 2.77. The average molecular weight is 209 g/mol. The second kappa shape index (κ2) is 3.74. The Hall–Kier alpha value is 0.560. The summed E-state index contributed by atoms with van der Waals surface area (Å²) in [6.07, 6.45) is 0. The minimum absolute atomic E-state index is 0.685. The first kappa shape index (κ1) is 9.13. The maximum Gasteiger partial charge on any atom is 0.126 e. The molecule has 2 heterocycles. The van der Waals surface area contributed by atoms with E-state index in [0.717, 1.165) is 19.1 Å². The Morgan fingerprint density at radius 2 is 2.17 bits per heavy atom. The molecule has 2 rings (SSSR count). The summed E-state index contributed by atoms with van der Waals surface area (Å²) in [5.41, 5.74) is 0. The van der Waals surface area contributed by atoms with Crippen LogP contribution in [-0.2, 0) is 4.74 Å². The largest absolute Gasteiger partial charge is 0.370 e. The molecule has 0 aliphatic carbocycles. The fourth-order valence-corrected chi connectivity index (χ4v) is 3.70. The van der Waals surface area contributed by atoms with E-state index in [1.807, 2.05) is 11.8 Å². The van der Waals surface area contributed by atoms with Crippen molar-refractivity contribution in [2.75, 3.05) is 44.6 Å². The Labute approximate surface area is 82.8 Å². The van der Waals surface area contributed by atoms with Crippen LogP contribution in [0.3, 0.4) is 0 Å². The average Bonchev–Trinajstić information content (AvgIpc) is 2.50. The molecule has 1 unspecified atom stereocenters. The number of hydrogen-bond donors (Lipinski definition) is 0. The fraction of sp³-hybridized carbons (Fsp3) is 1.00. The number of quaternary nitrogens is 1. The topological polar surface area (TPSA) is 9.23 Å². The van der Waals surface area contributed by atoms with E-state index >= 15 is 0 Å². The van der Waals surface area contributed by atoms with Crippen molar-refractivity contribution in [2.45, 2.75) is 5.25 Å². The van der Waals surface area contributed by atoms with Crippen molar-refractivity contribution >= 4 is 23.4 Å². The molecule has 2 nitrogen and oxygen atoms in total. The molecule has 4 heteroatoms. The Morgan fingerprint density at radius 1 is 1.42 bits per heavy atom. The van der Waals surface area contributed by atoms with E-state index in [0.29, 0.717) is 5.25 Å². The molecule has 0 N–H and O–H groups in total. The summed E-state index contributed by atoms with van der Waals surface area (Å²) in [7, 11) is 0. The Bertz CT molecular complexity index is 161. The van der Waals surface area contributed by atoms with Gasteiger partial charge in [0, 0.05) is 5.88 Å². The van der Waals surface area contributed by atoms with Crippen LogP contribution < -0.4 is 0 Å². The van der Waals surface area contributed by atoms with Crippen molar-refractivity contribution in [1.29, 1.82) is 0 Å². The van der Waals surface area contributed by atoms with Crippen LogP contribution in [0.15, 0.2) is 0 Å². The van der Waals surface area contributed by atoms with E-state index in [9.17, 15) is 0 Å². The monoisotopic (exact) mass is 208 g/mol. The number of nitrogens with zero attached hydrogens (tertiary/aromatic N) is 1. The summed E-state index contributed by atoms with van der Waals surface area (Å²) < 4.78 is 6.62. The number of halogens is 1. The molecule has 0 saturated carbocycles. The van der Waals surface area contributed by atoms with Crippen molar-refractivity contribution in [1.82, 2.24) is 0 Å². The number of thioether (sulfide) groups is 1. The first-order valence-corrected chi connectivity index (χ1v) is 6.03. The standard InChI is InChI=1S/C8H15ClNOS/c9-5-8-6-10(7-12-8)1-3-11-4-2-10/h8H,1-7H2/q+1. The van der Waals surface area contributed by atoms with Crippen LogP contribution in [0.25, 0.3) is 0 Å². The van der Waals surface area contributed by atoms with Crippen molar-refractivity contribution in [3.8, 4) is 0 Å². The number of alkyl halides is 1. The molecular formula is C8H15ClNOS+.